The van der Waals surface area contributed by atoms with Crippen molar-refractivity contribution in [3.05, 3.63) is 50.4 Å². The van der Waals surface area contributed by atoms with E-state index in [0.717, 1.165) is 5.56 Å². The summed E-state index contributed by atoms with van der Waals surface area (Å²) in [6.45, 7) is 7.73. The van der Waals surface area contributed by atoms with Gasteiger partial charge in [-0.15, -0.1) is 0 Å². The van der Waals surface area contributed by atoms with E-state index in [9.17, 15) is 19.7 Å². The van der Waals surface area contributed by atoms with Crippen LogP contribution in [-0.2, 0) is 10.3 Å². The molecule has 11 heteroatoms. The molecule has 1 N–H and O–H groups in total. The van der Waals surface area contributed by atoms with E-state index >= 15 is 0 Å². The van der Waals surface area contributed by atoms with Gasteiger partial charge in [-0.2, -0.15) is 5.10 Å². The number of rotatable bonds is 4. The SMILES string of the molecule is Cc1ccc([N+](=O)[O-])cc1NC(=O)CC1CSc2nc3c(cnn3C(C)(C)C)c(=O)n21. The normalized spacial score (nSPS) is 15.8. The van der Waals surface area contributed by atoms with Crippen molar-refractivity contribution in [1.29, 1.82) is 0 Å². The molecule has 0 fully saturated rings. The van der Waals surface area contributed by atoms with Gasteiger partial charge < -0.3 is 5.32 Å². The fourth-order valence-electron chi connectivity index (χ4n) is 3.55. The number of thioether (sulfide) groups is 1. The molecule has 0 saturated heterocycles. The maximum absolute atomic E-state index is 13.1. The minimum Gasteiger partial charge on any atom is -0.326 e. The first-order chi connectivity index (χ1) is 14.6. The van der Waals surface area contributed by atoms with E-state index in [1.807, 2.05) is 20.8 Å². The fourth-order valence-corrected chi connectivity index (χ4v) is 4.68. The van der Waals surface area contributed by atoms with Gasteiger partial charge in [0.05, 0.1) is 28.4 Å². The van der Waals surface area contributed by atoms with E-state index in [2.05, 4.69) is 15.4 Å². The number of amides is 1. The van der Waals surface area contributed by atoms with Gasteiger partial charge in [-0.05, 0) is 33.3 Å². The standard InChI is InChI=1S/C20H22N6O4S/c1-11-5-6-12(26(29)30)7-15(11)22-16(27)8-13-10-31-19-23-17-14(18(28)24(13)19)9-21-25(17)20(2,3)4/h5-7,9,13H,8,10H2,1-4H3,(H,22,27). The molecule has 1 atom stereocenters. The summed E-state index contributed by atoms with van der Waals surface area (Å²) >= 11 is 1.43. The van der Waals surface area contributed by atoms with Crippen molar-refractivity contribution in [2.24, 2.45) is 0 Å². The molecule has 1 amide bonds. The van der Waals surface area contributed by atoms with Crippen molar-refractivity contribution >= 4 is 40.1 Å². The second-order valence-electron chi connectivity index (χ2n) is 8.51. The topological polar surface area (TPSA) is 125 Å². The predicted octanol–water partition coefficient (Wildman–Crippen LogP) is 3.24. The van der Waals surface area contributed by atoms with Gasteiger partial charge in [-0.3, -0.25) is 24.3 Å². The Bertz CT molecular complexity index is 1270. The minimum atomic E-state index is -0.507. The lowest BCUT2D eigenvalue weighted by Gasteiger charge is -2.20. The lowest BCUT2D eigenvalue weighted by molar-refractivity contribution is -0.384. The molecule has 1 aliphatic rings. The van der Waals surface area contributed by atoms with Crippen LogP contribution in [0, 0.1) is 17.0 Å². The molecule has 31 heavy (non-hydrogen) atoms. The molecule has 1 aliphatic heterocycles. The van der Waals surface area contributed by atoms with Crippen LogP contribution in [0.1, 0.15) is 38.8 Å². The molecule has 0 radical (unpaired) electrons. The summed E-state index contributed by atoms with van der Waals surface area (Å²) in [5.74, 6) is 0.221. The van der Waals surface area contributed by atoms with Gasteiger partial charge in [-0.25, -0.2) is 9.67 Å². The molecular formula is C20H22N6O4S. The predicted molar refractivity (Wildman–Crippen MR) is 118 cm³/mol. The average molecular weight is 443 g/mol. The third kappa shape index (κ3) is 3.80. The molecule has 162 valence electrons. The highest BCUT2D eigenvalue weighted by molar-refractivity contribution is 7.99. The molecule has 3 aromatic rings. The Kier molecular flexibility index (Phi) is 5.08. The van der Waals surface area contributed by atoms with Gasteiger partial charge in [0.15, 0.2) is 10.8 Å². The smallest absolute Gasteiger partial charge is 0.271 e. The third-order valence-corrected chi connectivity index (χ3v) is 6.23. The van der Waals surface area contributed by atoms with Crippen LogP contribution in [0.3, 0.4) is 0 Å². The zero-order chi connectivity index (χ0) is 22.5. The molecule has 10 nitrogen and oxygen atoms in total. The highest BCUT2D eigenvalue weighted by atomic mass is 32.2. The van der Waals surface area contributed by atoms with Crippen LogP contribution in [0.5, 0.6) is 0 Å². The van der Waals surface area contributed by atoms with Crippen molar-refractivity contribution < 1.29 is 9.72 Å². The number of nitro benzene ring substituents is 1. The quantitative estimate of drug-likeness (QED) is 0.373. The molecular weight excluding hydrogens is 420 g/mol. The Morgan fingerprint density at radius 1 is 1.39 bits per heavy atom. The van der Waals surface area contributed by atoms with Crippen molar-refractivity contribution in [1.82, 2.24) is 19.3 Å². The van der Waals surface area contributed by atoms with Crippen molar-refractivity contribution in [3.8, 4) is 0 Å². The van der Waals surface area contributed by atoms with Crippen LogP contribution in [0.4, 0.5) is 11.4 Å². The zero-order valence-electron chi connectivity index (χ0n) is 17.6. The van der Waals surface area contributed by atoms with Crippen LogP contribution in [0.25, 0.3) is 11.0 Å². The Labute approximate surface area is 181 Å². The molecule has 0 bridgehead atoms. The second kappa shape index (κ2) is 7.49. The van der Waals surface area contributed by atoms with E-state index < -0.39 is 4.92 Å². The first kappa shape index (κ1) is 21.0. The van der Waals surface area contributed by atoms with E-state index in [0.29, 0.717) is 27.6 Å². The molecule has 1 aromatic carbocycles. The summed E-state index contributed by atoms with van der Waals surface area (Å²) in [6.07, 6.45) is 1.58. The number of carbonyl (C=O) groups excluding carboxylic acids is 1. The number of carbonyl (C=O) groups is 1. The summed E-state index contributed by atoms with van der Waals surface area (Å²) in [5, 5.41) is 19.1. The van der Waals surface area contributed by atoms with Gasteiger partial charge in [0.25, 0.3) is 11.2 Å². The summed E-state index contributed by atoms with van der Waals surface area (Å²) in [6, 6.07) is 3.96. The Morgan fingerprint density at radius 3 is 2.81 bits per heavy atom. The second-order valence-corrected chi connectivity index (χ2v) is 9.49. The van der Waals surface area contributed by atoms with Crippen molar-refractivity contribution in [2.75, 3.05) is 11.1 Å². The van der Waals surface area contributed by atoms with Gasteiger partial charge in [0, 0.05) is 24.3 Å². The van der Waals surface area contributed by atoms with Crippen LogP contribution in [0.15, 0.2) is 34.3 Å². The van der Waals surface area contributed by atoms with Crippen LogP contribution in [-0.4, -0.2) is 35.9 Å². The number of nitrogens with one attached hydrogen (secondary N) is 1. The maximum Gasteiger partial charge on any atom is 0.271 e. The Balaban J connectivity index is 1.61. The number of hydrogen-bond acceptors (Lipinski definition) is 7. The number of aryl methyl sites for hydroxylation is 1. The van der Waals surface area contributed by atoms with Gasteiger partial charge in [0.1, 0.15) is 5.39 Å². The first-order valence-electron chi connectivity index (χ1n) is 9.74. The number of benzene rings is 1. The van der Waals surface area contributed by atoms with E-state index in [-0.39, 0.29) is 35.2 Å². The number of nitro groups is 1. The highest BCUT2D eigenvalue weighted by Crippen LogP contribution is 2.34. The number of non-ortho nitro benzene ring substituents is 1. The number of anilines is 1. The van der Waals surface area contributed by atoms with Gasteiger partial charge >= 0.3 is 0 Å². The van der Waals surface area contributed by atoms with Crippen LogP contribution < -0.4 is 10.9 Å². The number of hydrogen-bond donors (Lipinski definition) is 1. The number of fused-ring (bicyclic) bond motifs is 2. The van der Waals surface area contributed by atoms with Crippen molar-refractivity contribution in [2.45, 2.75) is 50.9 Å². The highest BCUT2D eigenvalue weighted by Gasteiger charge is 2.30. The molecule has 0 spiro atoms. The number of aromatic nitrogens is 4. The van der Waals surface area contributed by atoms with E-state index in [4.69, 9.17) is 0 Å². The molecule has 2 aromatic heterocycles. The maximum atomic E-state index is 13.1. The van der Waals surface area contributed by atoms with Crippen molar-refractivity contribution in [3.63, 3.8) is 0 Å². The van der Waals surface area contributed by atoms with Crippen LogP contribution >= 0.6 is 11.8 Å². The Hall–Kier alpha value is -3.21. The minimum absolute atomic E-state index is 0.0582. The molecule has 4 rings (SSSR count). The summed E-state index contributed by atoms with van der Waals surface area (Å²) in [4.78, 5) is 41.0. The van der Waals surface area contributed by atoms with E-state index in [1.54, 1.807) is 22.2 Å². The third-order valence-electron chi connectivity index (χ3n) is 5.13. The van der Waals surface area contributed by atoms with Gasteiger partial charge in [-0.1, -0.05) is 17.8 Å². The molecule has 3 heterocycles. The zero-order valence-corrected chi connectivity index (χ0v) is 18.4. The van der Waals surface area contributed by atoms with Gasteiger partial charge in [0.2, 0.25) is 5.91 Å². The molecule has 0 saturated carbocycles. The average Bonchev–Trinajstić information content (AvgIpc) is 3.28. The monoisotopic (exact) mass is 442 g/mol. The lowest BCUT2D eigenvalue weighted by atomic mass is 10.1. The Morgan fingerprint density at radius 2 is 2.13 bits per heavy atom. The summed E-state index contributed by atoms with van der Waals surface area (Å²) < 4.78 is 3.29. The van der Waals surface area contributed by atoms with Crippen LogP contribution in [0.2, 0.25) is 0 Å². The summed E-state index contributed by atoms with van der Waals surface area (Å²) in [7, 11) is 0. The summed E-state index contributed by atoms with van der Waals surface area (Å²) in [5.41, 5.74) is 1.01. The first-order valence-corrected chi connectivity index (χ1v) is 10.7. The molecule has 1 unspecified atom stereocenters. The fraction of sp³-hybridized carbons (Fsp3) is 0.400. The number of nitrogens with zero attached hydrogens (tertiary/aromatic N) is 5. The van der Waals surface area contributed by atoms with E-state index in [1.165, 1.54) is 30.1 Å². The largest absolute Gasteiger partial charge is 0.326 e. The lowest BCUT2D eigenvalue weighted by Crippen LogP contribution is -2.29. The molecule has 0 aliphatic carbocycles.